The number of carbonyl (C=O) groups is 1. The van der Waals surface area contributed by atoms with Gasteiger partial charge in [0, 0.05) is 19.5 Å². The van der Waals surface area contributed by atoms with Gasteiger partial charge in [0.25, 0.3) is 5.91 Å². The van der Waals surface area contributed by atoms with E-state index in [1.165, 1.54) is 11.3 Å². The minimum Gasteiger partial charge on any atom is -0.339 e. The third-order valence-electron chi connectivity index (χ3n) is 3.91. The summed E-state index contributed by atoms with van der Waals surface area (Å²) in [6.07, 6.45) is 2.75. The van der Waals surface area contributed by atoms with Crippen LogP contribution in [0.1, 0.15) is 52.6 Å². The molecule has 0 N–H and O–H groups in total. The van der Waals surface area contributed by atoms with Crippen LogP contribution in [0.15, 0.2) is 16.0 Å². The van der Waals surface area contributed by atoms with Gasteiger partial charge in [0.1, 0.15) is 0 Å². The van der Waals surface area contributed by atoms with Crippen LogP contribution >= 0.6 is 11.3 Å². The number of nitrogens with zero attached hydrogens (tertiary/aromatic N) is 3. The average molecular weight is 305 g/mol. The van der Waals surface area contributed by atoms with Crippen molar-refractivity contribution in [2.24, 2.45) is 0 Å². The maximum Gasteiger partial charge on any atom is 0.264 e. The lowest BCUT2D eigenvalue weighted by Crippen LogP contribution is -2.39. The van der Waals surface area contributed by atoms with Gasteiger partial charge in [-0.1, -0.05) is 12.1 Å². The number of hydrogen-bond donors (Lipinski definition) is 0. The normalized spacial score (nSPS) is 19.0. The second-order valence-electron chi connectivity index (χ2n) is 5.43. The minimum absolute atomic E-state index is 0.127. The molecule has 1 aliphatic heterocycles. The minimum atomic E-state index is 0.127. The van der Waals surface area contributed by atoms with Gasteiger partial charge in [-0.15, -0.1) is 11.3 Å². The van der Waals surface area contributed by atoms with Crippen LogP contribution < -0.4 is 0 Å². The molecule has 0 saturated carbocycles. The molecule has 0 spiro atoms. The lowest BCUT2D eigenvalue weighted by molar-refractivity contribution is 0.0700. The van der Waals surface area contributed by atoms with Crippen molar-refractivity contribution in [1.82, 2.24) is 15.0 Å². The molecule has 1 aliphatic rings. The molecule has 2 aromatic rings. The summed E-state index contributed by atoms with van der Waals surface area (Å²) in [5.41, 5.74) is 1.05. The van der Waals surface area contributed by atoms with Gasteiger partial charge in [0.2, 0.25) is 5.89 Å². The molecule has 5 nitrogen and oxygen atoms in total. The molecule has 3 heterocycles. The molecule has 0 radical (unpaired) electrons. The Balaban J connectivity index is 1.74. The number of hydrogen-bond acceptors (Lipinski definition) is 5. The van der Waals surface area contributed by atoms with E-state index < -0.39 is 0 Å². The molecule has 3 rings (SSSR count). The first-order valence-corrected chi connectivity index (χ1v) is 8.23. The lowest BCUT2D eigenvalue weighted by atomic mass is 9.97. The summed E-state index contributed by atoms with van der Waals surface area (Å²) in [5.74, 6) is 1.70. The lowest BCUT2D eigenvalue weighted by Gasteiger charge is -2.30. The van der Waals surface area contributed by atoms with Crippen LogP contribution in [0.3, 0.4) is 0 Å². The first-order chi connectivity index (χ1) is 10.2. The number of aryl methyl sites for hydroxylation is 2. The first kappa shape index (κ1) is 14.3. The number of thiophene rings is 1. The fraction of sp³-hybridized carbons (Fsp3) is 0.533. The largest absolute Gasteiger partial charge is 0.339 e. The Bertz CT molecular complexity index is 634. The van der Waals surface area contributed by atoms with Gasteiger partial charge in [0.05, 0.1) is 10.8 Å². The first-order valence-electron chi connectivity index (χ1n) is 7.35. The molecule has 112 valence electrons. The van der Waals surface area contributed by atoms with Crippen molar-refractivity contribution in [2.45, 2.75) is 39.0 Å². The number of aromatic nitrogens is 2. The fourth-order valence-electron chi connectivity index (χ4n) is 2.68. The zero-order chi connectivity index (χ0) is 14.8. The Kier molecular flexibility index (Phi) is 4.05. The van der Waals surface area contributed by atoms with E-state index in [9.17, 15) is 4.79 Å². The van der Waals surface area contributed by atoms with E-state index >= 15 is 0 Å². The number of amides is 1. The number of rotatable bonds is 3. The van der Waals surface area contributed by atoms with E-state index in [1.807, 2.05) is 30.2 Å². The Morgan fingerprint density at radius 3 is 3.10 bits per heavy atom. The van der Waals surface area contributed by atoms with Crippen LogP contribution in [0.5, 0.6) is 0 Å². The van der Waals surface area contributed by atoms with Gasteiger partial charge in [-0.3, -0.25) is 4.79 Å². The van der Waals surface area contributed by atoms with Crippen molar-refractivity contribution >= 4 is 17.2 Å². The molecular weight excluding hydrogens is 286 g/mol. The van der Waals surface area contributed by atoms with Gasteiger partial charge < -0.3 is 9.42 Å². The highest BCUT2D eigenvalue weighted by atomic mass is 32.1. The molecule has 6 heteroatoms. The van der Waals surface area contributed by atoms with Crippen LogP contribution in [0.25, 0.3) is 0 Å². The summed E-state index contributed by atoms with van der Waals surface area (Å²) in [6, 6.07) is 1.99. The van der Waals surface area contributed by atoms with E-state index in [2.05, 4.69) is 10.1 Å². The second kappa shape index (κ2) is 5.97. The molecule has 1 atom stereocenters. The quantitative estimate of drug-likeness (QED) is 0.874. The predicted octanol–water partition coefficient (Wildman–Crippen LogP) is 3.02. The molecule has 1 saturated heterocycles. The van der Waals surface area contributed by atoms with Crippen molar-refractivity contribution in [3.63, 3.8) is 0 Å². The van der Waals surface area contributed by atoms with E-state index in [1.54, 1.807) is 0 Å². The van der Waals surface area contributed by atoms with E-state index in [0.717, 1.165) is 42.1 Å². The van der Waals surface area contributed by atoms with Crippen LogP contribution in [-0.4, -0.2) is 34.0 Å². The second-order valence-corrected chi connectivity index (χ2v) is 6.34. The van der Waals surface area contributed by atoms with Crippen molar-refractivity contribution in [3.8, 4) is 0 Å². The SMILES string of the molecule is CCc1noc([C@H]2CCCN(C(=O)c3sccc3C)C2)n1. The smallest absolute Gasteiger partial charge is 0.264 e. The van der Waals surface area contributed by atoms with Crippen molar-refractivity contribution in [2.75, 3.05) is 13.1 Å². The molecule has 1 amide bonds. The summed E-state index contributed by atoms with van der Waals surface area (Å²) in [6.45, 7) is 5.46. The molecule has 0 unspecified atom stereocenters. The van der Waals surface area contributed by atoms with Gasteiger partial charge >= 0.3 is 0 Å². The zero-order valence-electron chi connectivity index (χ0n) is 12.3. The van der Waals surface area contributed by atoms with E-state index in [0.29, 0.717) is 12.4 Å². The van der Waals surface area contributed by atoms with Crippen LogP contribution in [0.2, 0.25) is 0 Å². The van der Waals surface area contributed by atoms with Crippen molar-refractivity contribution < 1.29 is 9.32 Å². The zero-order valence-corrected chi connectivity index (χ0v) is 13.2. The predicted molar refractivity (Wildman–Crippen MR) is 80.6 cm³/mol. The van der Waals surface area contributed by atoms with Gasteiger partial charge in [-0.25, -0.2) is 0 Å². The van der Waals surface area contributed by atoms with Crippen molar-refractivity contribution in [3.05, 3.63) is 33.6 Å². The number of carbonyl (C=O) groups excluding carboxylic acids is 1. The third kappa shape index (κ3) is 2.85. The topological polar surface area (TPSA) is 59.2 Å². The highest BCUT2D eigenvalue weighted by Gasteiger charge is 2.29. The molecule has 0 aromatic carbocycles. The van der Waals surface area contributed by atoms with Gasteiger partial charge in [-0.2, -0.15) is 4.98 Å². The monoisotopic (exact) mass is 305 g/mol. The highest BCUT2D eigenvalue weighted by molar-refractivity contribution is 7.12. The Morgan fingerprint density at radius 2 is 2.43 bits per heavy atom. The average Bonchev–Trinajstić information content (AvgIpc) is 3.15. The van der Waals surface area contributed by atoms with E-state index in [4.69, 9.17) is 4.52 Å². The van der Waals surface area contributed by atoms with Crippen LogP contribution in [-0.2, 0) is 6.42 Å². The standard InChI is InChI=1S/C15H19N3O2S/c1-3-12-16-14(20-17-12)11-5-4-7-18(9-11)15(19)13-10(2)6-8-21-13/h6,8,11H,3-5,7,9H2,1-2H3/t11-/m0/s1. The Morgan fingerprint density at radius 1 is 1.57 bits per heavy atom. The summed E-state index contributed by atoms with van der Waals surface area (Å²) in [7, 11) is 0. The van der Waals surface area contributed by atoms with Gasteiger partial charge in [0.15, 0.2) is 5.82 Å². The third-order valence-corrected chi connectivity index (χ3v) is 4.92. The highest BCUT2D eigenvalue weighted by Crippen LogP contribution is 2.28. The molecular formula is C15H19N3O2S. The molecule has 2 aromatic heterocycles. The van der Waals surface area contributed by atoms with E-state index in [-0.39, 0.29) is 11.8 Å². The molecule has 0 aliphatic carbocycles. The summed E-state index contributed by atoms with van der Waals surface area (Å²) < 4.78 is 5.34. The molecule has 0 bridgehead atoms. The maximum absolute atomic E-state index is 12.6. The summed E-state index contributed by atoms with van der Waals surface area (Å²) in [4.78, 5) is 19.8. The Labute approximate surface area is 128 Å². The number of likely N-dealkylation sites (tertiary alicyclic amines) is 1. The number of piperidine rings is 1. The van der Waals surface area contributed by atoms with Crippen LogP contribution in [0.4, 0.5) is 0 Å². The Hall–Kier alpha value is -1.69. The maximum atomic E-state index is 12.6. The van der Waals surface area contributed by atoms with Crippen LogP contribution in [0, 0.1) is 6.92 Å². The van der Waals surface area contributed by atoms with Crippen molar-refractivity contribution in [1.29, 1.82) is 0 Å². The fourth-order valence-corrected chi connectivity index (χ4v) is 3.57. The molecule has 21 heavy (non-hydrogen) atoms. The van der Waals surface area contributed by atoms with Gasteiger partial charge in [-0.05, 0) is 36.8 Å². The molecule has 1 fully saturated rings. The summed E-state index contributed by atoms with van der Waals surface area (Å²) >= 11 is 1.51. The summed E-state index contributed by atoms with van der Waals surface area (Å²) in [5, 5.41) is 5.92.